The van der Waals surface area contributed by atoms with Gasteiger partial charge in [0.05, 0.1) is 24.5 Å². The number of hydrogen-bond donors (Lipinski definition) is 1. The van der Waals surface area contributed by atoms with Crippen molar-refractivity contribution >= 4 is 11.9 Å². The fourth-order valence-electron chi connectivity index (χ4n) is 2.37. The molecule has 1 aliphatic carbocycles. The molecule has 1 fully saturated rings. The lowest BCUT2D eigenvalue weighted by atomic mass is 9.95. The van der Waals surface area contributed by atoms with Gasteiger partial charge >= 0.3 is 5.97 Å². The lowest BCUT2D eigenvalue weighted by Gasteiger charge is -2.23. The highest BCUT2D eigenvalue weighted by Gasteiger charge is 2.38. The Morgan fingerprint density at radius 1 is 1.33 bits per heavy atom. The minimum absolute atomic E-state index is 0.0627. The van der Waals surface area contributed by atoms with Crippen LogP contribution in [0.5, 0.6) is 0 Å². The summed E-state index contributed by atoms with van der Waals surface area (Å²) in [6, 6.07) is 0. The fourth-order valence-corrected chi connectivity index (χ4v) is 2.37. The molecule has 18 heavy (non-hydrogen) atoms. The molecule has 2 unspecified atom stereocenters. The number of aliphatic carboxylic acids is 1. The van der Waals surface area contributed by atoms with Crippen molar-refractivity contribution in [2.45, 2.75) is 39.2 Å². The number of amides is 1. The monoisotopic (exact) mass is 257 g/mol. The van der Waals surface area contributed by atoms with Gasteiger partial charge in [0.15, 0.2) is 0 Å². The van der Waals surface area contributed by atoms with Crippen molar-refractivity contribution in [3.63, 3.8) is 0 Å². The Labute approximate surface area is 108 Å². The van der Waals surface area contributed by atoms with Crippen molar-refractivity contribution in [2.24, 2.45) is 11.8 Å². The summed E-state index contributed by atoms with van der Waals surface area (Å²) in [5.41, 5.74) is 0. The van der Waals surface area contributed by atoms with E-state index in [1.807, 2.05) is 13.8 Å². The topological polar surface area (TPSA) is 66.8 Å². The summed E-state index contributed by atoms with van der Waals surface area (Å²) in [5, 5.41) is 9.07. The van der Waals surface area contributed by atoms with Crippen LogP contribution in [0, 0.1) is 11.8 Å². The van der Waals surface area contributed by atoms with Gasteiger partial charge in [-0.25, -0.2) is 0 Å². The summed E-state index contributed by atoms with van der Waals surface area (Å²) in [4.78, 5) is 24.8. The molecule has 0 aromatic rings. The normalized spacial score (nSPS) is 23.3. The molecular weight excluding hydrogens is 234 g/mol. The van der Waals surface area contributed by atoms with Gasteiger partial charge in [-0.05, 0) is 26.7 Å². The molecule has 104 valence electrons. The number of carbonyl (C=O) groups is 2. The largest absolute Gasteiger partial charge is 0.481 e. The smallest absolute Gasteiger partial charge is 0.307 e. The molecule has 1 N–H and O–H groups in total. The average Bonchev–Trinajstić information content (AvgIpc) is 2.76. The number of rotatable bonds is 6. The van der Waals surface area contributed by atoms with E-state index in [1.54, 1.807) is 11.9 Å². The number of hydrogen-bond acceptors (Lipinski definition) is 3. The lowest BCUT2D eigenvalue weighted by molar-refractivity contribution is -0.148. The molecule has 5 nitrogen and oxygen atoms in total. The highest BCUT2D eigenvalue weighted by Crippen LogP contribution is 2.33. The maximum absolute atomic E-state index is 12.1. The summed E-state index contributed by atoms with van der Waals surface area (Å²) < 4.78 is 5.39. The Balaban J connectivity index is 2.45. The van der Waals surface area contributed by atoms with Crippen LogP contribution in [0.4, 0.5) is 0 Å². The third-order valence-electron chi connectivity index (χ3n) is 3.40. The van der Waals surface area contributed by atoms with Crippen LogP contribution in [0.3, 0.4) is 0 Å². The van der Waals surface area contributed by atoms with E-state index >= 15 is 0 Å². The maximum atomic E-state index is 12.1. The highest BCUT2D eigenvalue weighted by atomic mass is 16.5. The summed E-state index contributed by atoms with van der Waals surface area (Å²) in [6.07, 6.45) is 2.27. The van der Waals surface area contributed by atoms with Gasteiger partial charge in [0.25, 0.3) is 0 Å². The average molecular weight is 257 g/mol. The van der Waals surface area contributed by atoms with Crippen LogP contribution in [0.2, 0.25) is 0 Å². The van der Waals surface area contributed by atoms with Crippen LogP contribution in [-0.4, -0.2) is 48.2 Å². The summed E-state index contributed by atoms with van der Waals surface area (Å²) in [6.45, 7) is 4.89. The minimum Gasteiger partial charge on any atom is -0.481 e. The first kappa shape index (κ1) is 15.0. The molecule has 0 bridgehead atoms. The zero-order chi connectivity index (χ0) is 13.7. The number of carboxylic acids is 1. The van der Waals surface area contributed by atoms with Crippen molar-refractivity contribution in [1.82, 2.24) is 4.90 Å². The summed E-state index contributed by atoms with van der Waals surface area (Å²) in [7, 11) is 1.71. The van der Waals surface area contributed by atoms with Gasteiger partial charge in [0, 0.05) is 13.6 Å². The van der Waals surface area contributed by atoms with Crippen molar-refractivity contribution in [1.29, 1.82) is 0 Å². The third kappa shape index (κ3) is 3.98. The first-order valence-electron chi connectivity index (χ1n) is 6.53. The Morgan fingerprint density at radius 2 is 1.94 bits per heavy atom. The predicted octanol–water partition coefficient (Wildman–Crippen LogP) is 1.37. The zero-order valence-corrected chi connectivity index (χ0v) is 11.4. The Kier molecular flexibility index (Phi) is 5.59. The van der Waals surface area contributed by atoms with Crippen molar-refractivity contribution in [3.05, 3.63) is 0 Å². The van der Waals surface area contributed by atoms with E-state index in [2.05, 4.69) is 0 Å². The molecule has 1 saturated carbocycles. The molecule has 0 radical (unpaired) electrons. The zero-order valence-electron chi connectivity index (χ0n) is 11.4. The molecule has 1 rings (SSSR count). The van der Waals surface area contributed by atoms with E-state index in [1.165, 1.54) is 0 Å². The first-order chi connectivity index (χ1) is 8.43. The fraction of sp³-hybridized carbons (Fsp3) is 0.846. The molecule has 1 amide bonds. The predicted molar refractivity (Wildman–Crippen MR) is 67.2 cm³/mol. The van der Waals surface area contributed by atoms with E-state index in [4.69, 9.17) is 9.84 Å². The van der Waals surface area contributed by atoms with E-state index in [-0.39, 0.29) is 17.9 Å². The number of carboxylic acid groups (broad SMARTS) is 1. The van der Waals surface area contributed by atoms with Gasteiger partial charge in [-0.3, -0.25) is 9.59 Å². The van der Waals surface area contributed by atoms with Gasteiger partial charge < -0.3 is 14.7 Å². The second kappa shape index (κ2) is 6.73. The maximum Gasteiger partial charge on any atom is 0.307 e. The number of carbonyl (C=O) groups excluding carboxylic acids is 1. The summed E-state index contributed by atoms with van der Waals surface area (Å²) >= 11 is 0. The lowest BCUT2D eigenvalue weighted by Crippen LogP contribution is -2.38. The number of ether oxygens (including phenoxy) is 1. The van der Waals surface area contributed by atoms with Crippen LogP contribution in [-0.2, 0) is 14.3 Å². The quantitative estimate of drug-likeness (QED) is 0.780. The molecular formula is C13H23NO4. The second-order valence-corrected chi connectivity index (χ2v) is 5.16. The van der Waals surface area contributed by atoms with Gasteiger partial charge in [0.2, 0.25) is 5.91 Å². The highest BCUT2D eigenvalue weighted by molar-refractivity contribution is 5.85. The molecule has 0 aromatic carbocycles. The van der Waals surface area contributed by atoms with Gasteiger partial charge in [-0.1, -0.05) is 6.42 Å². The van der Waals surface area contributed by atoms with Crippen molar-refractivity contribution in [3.8, 4) is 0 Å². The molecule has 5 heteroatoms. The van der Waals surface area contributed by atoms with Crippen molar-refractivity contribution in [2.75, 3.05) is 20.2 Å². The van der Waals surface area contributed by atoms with E-state index in [0.717, 1.165) is 6.42 Å². The van der Waals surface area contributed by atoms with E-state index < -0.39 is 11.9 Å². The third-order valence-corrected chi connectivity index (χ3v) is 3.40. The molecule has 1 aliphatic rings. The Morgan fingerprint density at radius 3 is 2.50 bits per heavy atom. The molecule has 0 aliphatic heterocycles. The second-order valence-electron chi connectivity index (χ2n) is 5.16. The number of nitrogens with zero attached hydrogens (tertiary/aromatic N) is 1. The number of likely N-dealkylation sites (N-methyl/N-ethyl adjacent to an activating group) is 1. The Bertz CT molecular complexity index is 303. The van der Waals surface area contributed by atoms with Crippen LogP contribution >= 0.6 is 0 Å². The van der Waals surface area contributed by atoms with Crippen LogP contribution < -0.4 is 0 Å². The molecule has 0 aromatic heterocycles. The standard InChI is InChI=1S/C13H23NO4/c1-9(2)18-8-7-14(3)12(15)10-5-4-6-11(10)13(16)17/h9-11H,4-8H2,1-3H3,(H,16,17). The van der Waals surface area contributed by atoms with Crippen LogP contribution in [0.15, 0.2) is 0 Å². The van der Waals surface area contributed by atoms with E-state index in [9.17, 15) is 9.59 Å². The van der Waals surface area contributed by atoms with Crippen LogP contribution in [0.25, 0.3) is 0 Å². The molecule has 0 spiro atoms. The minimum atomic E-state index is -0.849. The molecule has 0 heterocycles. The van der Waals surface area contributed by atoms with Gasteiger partial charge in [0.1, 0.15) is 0 Å². The molecule has 0 saturated heterocycles. The van der Waals surface area contributed by atoms with E-state index in [0.29, 0.717) is 26.0 Å². The molecule has 2 atom stereocenters. The summed E-state index contributed by atoms with van der Waals surface area (Å²) in [5.74, 6) is -1.78. The van der Waals surface area contributed by atoms with Gasteiger partial charge in [-0.2, -0.15) is 0 Å². The first-order valence-corrected chi connectivity index (χ1v) is 6.53. The SMILES string of the molecule is CC(C)OCCN(C)C(=O)C1CCCC1C(=O)O. The van der Waals surface area contributed by atoms with Crippen molar-refractivity contribution < 1.29 is 19.4 Å². The van der Waals surface area contributed by atoms with Gasteiger partial charge in [-0.15, -0.1) is 0 Å². The van der Waals surface area contributed by atoms with Crippen LogP contribution in [0.1, 0.15) is 33.1 Å². The Hall–Kier alpha value is -1.10.